The molecular weight excluding hydrogens is 1720 g/mol. The number of rotatable bonds is 24. The van der Waals surface area contributed by atoms with Crippen LogP contribution in [0.25, 0.3) is 41.7 Å². The van der Waals surface area contributed by atoms with Gasteiger partial charge in [0.1, 0.15) is 0 Å². The number of allylic oxidation sites excluding steroid dienone is 12. The monoisotopic (exact) mass is 1840 g/mol. The lowest BCUT2D eigenvalue weighted by atomic mass is 9.72. The van der Waals surface area contributed by atoms with Crippen LogP contribution in [-0.2, 0) is 72.8 Å². The first-order chi connectivity index (χ1) is 64.6. The minimum absolute atomic E-state index is 0.118. The summed E-state index contributed by atoms with van der Waals surface area (Å²) in [5.74, 6) is 0.811. The molecule has 27 heteroatoms. The van der Waals surface area contributed by atoms with E-state index in [1.165, 1.54) is 115 Å². The van der Waals surface area contributed by atoms with E-state index in [4.69, 9.17) is 30.7 Å². The molecular formula is C107H122N16O9S2. The van der Waals surface area contributed by atoms with Crippen LogP contribution in [0, 0.1) is 47.9 Å². The van der Waals surface area contributed by atoms with E-state index in [9.17, 15) is 36.0 Å². The summed E-state index contributed by atoms with van der Waals surface area (Å²) in [4.78, 5) is 85.7. The number of aromatic nitrogens is 4. The molecule has 7 aromatic rings. The number of carbonyl (C=O) groups excluding carboxylic acids is 4. The minimum Gasteiger partial charge on any atom is -0.475 e. The third-order valence-electron chi connectivity index (χ3n) is 28.5. The molecule has 0 bridgehead atoms. The zero-order chi connectivity index (χ0) is 94.0. The van der Waals surface area contributed by atoms with Gasteiger partial charge < -0.3 is 54.3 Å². The summed E-state index contributed by atoms with van der Waals surface area (Å²) >= 11 is 0. The van der Waals surface area contributed by atoms with E-state index in [0.717, 1.165) is 161 Å². The molecule has 2 spiro atoms. The number of imidazole rings is 2. The van der Waals surface area contributed by atoms with Gasteiger partial charge in [-0.25, -0.2) is 31.6 Å². The molecule has 4 N–H and O–H groups in total. The van der Waals surface area contributed by atoms with E-state index in [-0.39, 0.29) is 74.9 Å². The molecule has 7 aliphatic carbocycles. The van der Waals surface area contributed by atoms with Crippen molar-refractivity contribution >= 4 is 106 Å². The molecule has 134 heavy (non-hydrogen) atoms. The van der Waals surface area contributed by atoms with Crippen molar-refractivity contribution in [2.75, 3.05) is 83.5 Å². The van der Waals surface area contributed by atoms with Crippen molar-refractivity contribution in [1.82, 2.24) is 28.9 Å². The first-order valence-corrected chi connectivity index (χ1v) is 51.1. The van der Waals surface area contributed by atoms with Crippen molar-refractivity contribution in [1.29, 1.82) is 0 Å². The Hall–Kier alpha value is -12.5. The third kappa shape index (κ3) is 25.7. The van der Waals surface area contributed by atoms with Crippen LogP contribution in [0.1, 0.15) is 230 Å². The van der Waals surface area contributed by atoms with Gasteiger partial charge in [-0.1, -0.05) is 133 Å². The lowest BCUT2D eigenvalue weighted by Crippen LogP contribution is -2.41. The second-order valence-electron chi connectivity index (χ2n) is 39.1. The predicted octanol–water partition coefficient (Wildman–Crippen LogP) is 21.2. The van der Waals surface area contributed by atoms with Gasteiger partial charge in [-0.2, -0.15) is 4.85 Å². The van der Waals surface area contributed by atoms with Gasteiger partial charge in [0.2, 0.25) is 0 Å². The maximum atomic E-state index is 12.9. The second-order valence-corrected chi connectivity index (χ2v) is 43.7. The Balaban J connectivity index is 0.000000136. The van der Waals surface area contributed by atoms with Gasteiger partial charge in [-0.15, -0.1) is 9.98 Å². The van der Waals surface area contributed by atoms with Crippen molar-refractivity contribution in [3.05, 3.63) is 290 Å². The normalized spacial score (nSPS) is 19.9. The van der Waals surface area contributed by atoms with Crippen molar-refractivity contribution < 1.29 is 40.4 Å². The smallest absolute Gasteiger partial charge is 0.346 e. The first-order valence-electron chi connectivity index (χ1n) is 47.4. The van der Waals surface area contributed by atoms with E-state index in [1.807, 2.05) is 55.4 Å². The fourth-order valence-electron chi connectivity index (χ4n) is 19.8. The quantitative estimate of drug-likeness (QED) is 0.0410. The maximum absolute atomic E-state index is 12.9. The molecule has 7 heterocycles. The Morgan fingerprint density at radius 1 is 0.418 bits per heavy atom. The van der Waals surface area contributed by atoms with E-state index in [0.29, 0.717) is 84.8 Å². The molecule has 25 nitrogen and oxygen atoms in total. The number of carbonyl (C=O) groups is 4. The largest absolute Gasteiger partial charge is 0.475 e. The van der Waals surface area contributed by atoms with Gasteiger partial charge in [0.05, 0.1) is 48.8 Å². The molecule has 2 saturated carbocycles. The van der Waals surface area contributed by atoms with Gasteiger partial charge in [0.25, 0.3) is 35.3 Å². The van der Waals surface area contributed by atoms with Crippen molar-refractivity contribution in [2.24, 2.45) is 31.6 Å². The zero-order valence-electron chi connectivity index (χ0n) is 77.6. The van der Waals surface area contributed by atoms with Crippen LogP contribution >= 0.6 is 0 Å². The highest BCUT2D eigenvalue weighted by Gasteiger charge is 2.38. The SMILES string of the molecule is [C-]#[N+]C1=CCC(C(=O)Nc2ccc(CCN3CCS(=O)(=O)CC3)cc2C2=CCC(C)(C)CC2)=C1.[C-]#[N+]C1=CCC(C(=O)Nc2ccc(CCN3CCS(=O)(=O)CC3)cc2C2=CCC(C)(C)CC2)=N1.[C-]#[N+]C1=CCC(C(=O)Nc2ccc(CCn3ccnc3)cc2C2=CCC3(CCCC3)CC2)=N1.[C-]#[N+]c1ccc(C(=O)Nc2ccc(CCn3ccnc3)cc2C2=CCC3(CCCC3)CC2)o1. The van der Waals surface area contributed by atoms with Gasteiger partial charge in [0, 0.05) is 141 Å². The van der Waals surface area contributed by atoms with Crippen molar-refractivity contribution in [3.8, 4) is 0 Å². The van der Waals surface area contributed by atoms with Gasteiger partial charge in [0.15, 0.2) is 42.6 Å². The maximum Gasteiger partial charge on any atom is 0.346 e. The third-order valence-corrected chi connectivity index (χ3v) is 31.8. The highest BCUT2D eigenvalue weighted by molar-refractivity contribution is 7.91. The average Bonchev–Trinajstić information content (AvgIpc) is 1.51. The summed E-state index contributed by atoms with van der Waals surface area (Å²) in [5.41, 5.74) is 21.0. The number of nitrogens with one attached hydrogen (secondary N) is 4. The second kappa shape index (κ2) is 43.2. The number of anilines is 4. The van der Waals surface area contributed by atoms with Gasteiger partial charge in [-0.05, 0) is 268 Å². The molecule has 0 atom stereocenters. The highest BCUT2D eigenvalue weighted by Crippen LogP contribution is 2.53. The number of benzene rings is 4. The molecule has 18 rings (SSSR count). The van der Waals surface area contributed by atoms with Gasteiger partial charge >= 0.3 is 5.88 Å². The Kier molecular flexibility index (Phi) is 31.0. The van der Waals surface area contributed by atoms with Crippen LogP contribution in [-0.4, -0.2) is 143 Å². The topological polar surface area (TPSA) is 282 Å². The Labute approximate surface area is 789 Å². The fourth-order valence-corrected chi connectivity index (χ4v) is 22.4. The summed E-state index contributed by atoms with van der Waals surface area (Å²) in [6.07, 6.45) is 55.9. The number of nitrogens with zero attached hydrogens (tertiary/aromatic N) is 12. The summed E-state index contributed by atoms with van der Waals surface area (Å²) in [5, 5.41) is 12.2. The molecule has 0 radical (unpaired) electrons. The first kappa shape index (κ1) is 96.1. The summed E-state index contributed by atoms with van der Waals surface area (Å²) in [6, 6.07) is 28.1. The standard InChI is InChI=1S/C27H29N5O.C27H28N4O2.C27H33N3O3S.C26H32N4O3S/c1-28-25-7-6-24(30-25)26(33)31-23-5-4-20(10-16-32-17-15-29-19-32)18-22(23)21-8-13-27(14-9-21)11-2-3-12-27;1-28-25-7-6-24(33-25)26(32)30-23-5-4-20(10-16-31-17-15-29-19-31)18-22(23)21-8-13-27(14-9-21)11-2-3-12-27;1-27(2)11-8-21(9-12-27)24-18-20(10-13-30-14-16-34(32,33)17-15-30)4-7-25(24)29-26(31)22-5-6-23(19-22)28-3;1-26(2)11-8-20(9-12-26)21-18-19(10-13-30-14-16-34(32,33)17-15-30)4-5-22(21)29-25(31)23-6-7-24(27-3)28-23/h4-5,7-8,15,17-19H,2-3,6,9-14,16H2,(H,31,33);4-8,15,17-19H,2-3,9-14,16H2,(H,30,32);4,6-8,18-19H,5,9-17H2,1-2H3,(H,29,31);4-5,7-8,18H,6,9-17H2,1-2H3,(H,29,31). The predicted molar refractivity (Wildman–Crippen MR) is 532 cm³/mol. The number of amides is 4. The summed E-state index contributed by atoms with van der Waals surface area (Å²) < 4.78 is 56.3. The van der Waals surface area contributed by atoms with Crippen LogP contribution in [0.2, 0.25) is 0 Å². The number of sulfone groups is 2. The Morgan fingerprint density at radius 2 is 0.799 bits per heavy atom. The summed E-state index contributed by atoms with van der Waals surface area (Å²) in [6.45, 7) is 43.3. The van der Waals surface area contributed by atoms with Gasteiger partial charge in [-0.3, -0.25) is 19.2 Å². The Morgan fingerprint density at radius 3 is 1.13 bits per heavy atom. The van der Waals surface area contributed by atoms with E-state index >= 15 is 0 Å². The average molecular weight is 1840 g/mol. The minimum atomic E-state index is -2.88. The number of aliphatic imine (C=N–C) groups is 2. The molecule has 4 aromatic carbocycles. The molecule has 3 aromatic heterocycles. The summed E-state index contributed by atoms with van der Waals surface area (Å²) in [7, 11) is -5.75. The van der Waals surface area contributed by atoms with Crippen molar-refractivity contribution in [3.63, 3.8) is 0 Å². The fraction of sp³-hybridized carbons (Fsp3) is 0.439. The highest BCUT2D eigenvalue weighted by atomic mass is 32.2. The van der Waals surface area contributed by atoms with E-state index in [2.05, 4.69) is 174 Å². The van der Waals surface area contributed by atoms with Crippen LogP contribution in [0.15, 0.2) is 208 Å². The number of aryl methyl sites for hydroxylation is 4. The molecule has 0 unspecified atom stereocenters. The van der Waals surface area contributed by atoms with Crippen LogP contribution < -0.4 is 21.3 Å². The van der Waals surface area contributed by atoms with Crippen LogP contribution in [0.4, 0.5) is 28.6 Å². The number of hydrogen-bond donors (Lipinski definition) is 4. The van der Waals surface area contributed by atoms with Crippen LogP contribution in [0.5, 0.6) is 0 Å². The molecule has 4 fully saturated rings. The Bertz CT molecular complexity index is 6130. The lowest BCUT2D eigenvalue weighted by Gasteiger charge is -2.33. The van der Waals surface area contributed by atoms with E-state index < -0.39 is 19.7 Å². The molecule has 2 saturated heterocycles. The lowest BCUT2D eigenvalue weighted by molar-refractivity contribution is -0.113. The van der Waals surface area contributed by atoms with E-state index in [1.54, 1.807) is 42.8 Å². The number of hydrogen-bond acceptors (Lipinski definition) is 15. The van der Waals surface area contributed by atoms with Crippen LogP contribution in [0.3, 0.4) is 0 Å². The number of furan rings is 1. The molecule has 696 valence electrons. The molecule has 4 amide bonds. The zero-order valence-corrected chi connectivity index (χ0v) is 79.2. The molecule has 4 aliphatic heterocycles. The van der Waals surface area contributed by atoms with Crippen molar-refractivity contribution in [2.45, 2.75) is 214 Å². The molecule has 11 aliphatic rings.